The summed E-state index contributed by atoms with van der Waals surface area (Å²) in [5, 5.41) is 13.2. The van der Waals surface area contributed by atoms with Crippen molar-refractivity contribution in [2.24, 2.45) is 0 Å². The molecule has 0 radical (unpaired) electrons. The average Bonchev–Trinajstić information content (AvgIpc) is 3.52. The molecule has 6 aromatic rings. The number of ether oxygens (including phenoxy) is 1. The summed E-state index contributed by atoms with van der Waals surface area (Å²) >= 11 is 0. The van der Waals surface area contributed by atoms with Gasteiger partial charge in [0.05, 0.1) is 46.5 Å². The van der Waals surface area contributed by atoms with Crippen molar-refractivity contribution < 1.29 is 9.53 Å². The van der Waals surface area contributed by atoms with Crippen LogP contribution in [0.5, 0.6) is 5.75 Å². The lowest BCUT2D eigenvalue weighted by Gasteiger charge is -2.12. The van der Waals surface area contributed by atoms with Crippen LogP contribution in [0.2, 0.25) is 0 Å². The molecule has 3 heterocycles. The molecule has 0 saturated carbocycles. The molecule has 0 aliphatic carbocycles. The molecule has 3 aromatic heterocycles. The summed E-state index contributed by atoms with van der Waals surface area (Å²) in [6, 6.07) is 30.8. The molecule has 0 aliphatic rings. The minimum Gasteiger partial charge on any atom is -0.497 e. The number of nitrogens with one attached hydrogen (secondary N) is 1. The topological polar surface area (TPSA) is 86.9 Å². The van der Waals surface area contributed by atoms with Gasteiger partial charge in [0, 0.05) is 11.6 Å². The van der Waals surface area contributed by atoms with Crippen LogP contribution in [0.25, 0.3) is 33.7 Å². The highest BCUT2D eigenvalue weighted by Crippen LogP contribution is 2.30. The van der Waals surface area contributed by atoms with Gasteiger partial charge in [0.2, 0.25) is 0 Å². The Labute approximate surface area is 225 Å². The van der Waals surface area contributed by atoms with E-state index in [4.69, 9.17) is 14.8 Å². The van der Waals surface area contributed by atoms with Crippen LogP contribution in [0.15, 0.2) is 97.1 Å². The van der Waals surface area contributed by atoms with E-state index in [2.05, 4.69) is 10.4 Å². The molecular formula is C31H26N6O2. The van der Waals surface area contributed by atoms with Crippen molar-refractivity contribution in [1.29, 1.82) is 0 Å². The fourth-order valence-corrected chi connectivity index (χ4v) is 4.67. The van der Waals surface area contributed by atoms with E-state index in [9.17, 15) is 4.79 Å². The highest BCUT2D eigenvalue weighted by molar-refractivity contribution is 6.13. The first-order valence-corrected chi connectivity index (χ1v) is 12.6. The molecule has 6 rings (SSSR count). The van der Waals surface area contributed by atoms with Crippen LogP contribution in [-0.4, -0.2) is 37.6 Å². The minimum atomic E-state index is -0.273. The zero-order valence-corrected chi connectivity index (χ0v) is 21.8. The van der Waals surface area contributed by atoms with E-state index >= 15 is 0 Å². The molecule has 1 amide bonds. The van der Waals surface area contributed by atoms with Crippen molar-refractivity contribution in [2.75, 3.05) is 12.4 Å². The molecule has 0 atom stereocenters. The van der Waals surface area contributed by atoms with Crippen molar-refractivity contribution in [2.45, 2.75) is 13.8 Å². The number of aromatic nitrogens is 5. The third kappa shape index (κ3) is 4.53. The van der Waals surface area contributed by atoms with Gasteiger partial charge in [0.15, 0.2) is 5.65 Å². The number of pyridine rings is 1. The van der Waals surface area contributed by atoms with Crippen LogP contribution < -0.4 is 10.1 Å². The summed E-state index contributed by atoms with van der Waals surface area (Å²) in [6.07, 6.45) is 0. The smallest absolute Gasteiger partial charge is 0.257 e. The van der Waals surface area contributed by atoms with Gasteiger partial charge in [-0.2, -0.15) is 10.2 Å². The number of methoxy groups -OCH3 is 1. The Morgan fingerprint density at radius 3 is 2.08 bits per heavy atom. The van der Waals surface area contributed by atoms with E-state index in [-0.39, 0.29) is 5.91 Å². The normalized spacial score (nSPS) is 11.1. The number of amides is 1. The first-order valence-electron chi connectivity index (χ1n) is 12.6. The molecule has 0 aliphatic heterocycles. The largest absolute Gasteiger partial charge is 0.497 e. The molecule has 0 spiro atoms. The lowest BCUT2D eigenvalue weighted by atomic mass is 10.0. The van der Waals surface area contributed by atoms with Gasteiger partial charge >= 0.3 is 0 Å². The van der Waals surface area contributed by atoms with Crippen LogP contribution in [0.1, 0.15) is 21.7 Å². The van der Waals surface area contributed by atoms with Crippen molar-refractivity contribution in [3.8, 4) is 28.4 Å². The van der Waals surface area contributed by atoms with Crippen molar-refractivity contribution >= 4 is 22.8 Å². The number of carbonyl (C=O) groups excluding carboxylic acids is 1. The summed E-state index contributed by atoms with van der Waals surface area (Å²) in [7, 11) is 1.63. The number of benzene rings is 3. The lowest BCUT2D eigenvalue weighted by molar-refractivity contribution is 0.102. The van der Waals surface area contributed by atoms with Gasteiger partial charge in [-0.15, -0.1) is 0 Å². The molecule has 0 unspecified atom stereocenters. The van der Waals surface area contributed by atoms with Gasteiger partial charge in [-0.25, -0.2) is 14.3 Å². The second kappa shape index (κ2) is 9.90. The second-order valence-corrected chi connectivity index (χ2v) is 9.19. The fraction of sp³-hybridized carbons (Fsp3) is 0.0968. The number of hydrogen-bond acceptors (Lipinski definition) is 5. The summed E-state index contributed by atoms with van der Waals surface area (Å²) < 4.78 is 8.84. The number of hydrogen-bond donors (Lipinski definition) is 1. The monoisotopic (exact) mass is 514 g/mol. The number of carbonyl (C=O) groups is 1. The number of anilines is 1. The summed E-state index contributed by atoms with van der Waals surface area (Å²) in [4.78, 5) is 18.9. The maximum absolute atomic E-state index is 14.0. The number of fused-ring (bicyclic) bond motifs is 1. The molecule has 0 saturated heterocycles. The maximum Gasteiger partial charge on any atom is 0.257 e. The third-order valence-electron chi connectivity index (χ3n) is 6.52. The molecule has 3 aromatic carbocycles. The van der Waals surface area contributed by atoms with E-state index in [1.165, 1.54) is 0 Å². The molecule has 0 bridgehead atoms. The first kappa shape index (κ1) is 24.1. The van der Waals surface area contributed by atoms with Crippen LogP contribution in [-0.2, 0) is 0 Å². The summed E-state index contributed by atoms with van der Waals surface area (Å²) in [5.74, 6) is 1.05. The van der Waals surface area contributed by atoms with Crippen molar-refractivity contribution in [3.63, 3.8) is 0 Å². The predicted molar refractivity (Wildman–Crippen MR) is 152 cm³/mol. The Hall–Kier alpha value is -5.24. The molecule has 1 N–H and O–H groups in total. The van der Waals surface area contributed by atoms with Gasteiger partial charge in [0.1, 0.15) is 11.6 Å². The Balaban J connectivity index is 1.51. The van der Waals surface area contributed by atoms with Crippen LogP contribution in [0.3, 0.4) is 0 Å². The number of nitrogens with zero attached hydrogens (tertiary/aromatic N) is 5. The zero-order chi connectivity index (χ0) is 26.9. The Bertz CT molecular complexity index is 1790. The SMILES string of the molecule is COc1ccc(-c2cc(C(=O)Nc3cc(C)nn3-c3ccccc3)c3c(C)nn(-c4ccccc4)c3n2)cc1. The zero-order valence-electron chi connectivity index (χ0n) is 21.8. The van der Waals surface area contributed by atoms with Crippen LogP contribution in [0, 0.1) is 13.8 Å². The highest BCUT2D eigenvalue weighted by atomic mass is 16.5. The average molecular weight is 515 g/mol. The Kier molecular flexibility index (Phi) is 6.13. The van der Waals surface area contributed by atoms with Gasteiger partial charge < -0.3 is 10.1 Å². The van der Waals surface area contributed by atoms with Gasteiger partial charge in [-0.1, -0.05) is 36.4 Å². The van der Waals surface area contributed by atoms with E-state index in [0.29, 0.717) is 33.8 Å². The molecule has 192 valence electrons. The number of para-hydroxylation sites is 2. The van der Waals surface area contributed by atoms with Gasteiger partial charge in [0.25, 0.3) is 5.91 Å². The Morgan fingerprint density at radius 2 is 1.44 bits per heavy atom. The molecule has 8 nitrogen and oxygen atoms in total. The van der Waals surface area contributed by atoms with Gasteiger partial charge in [-0.3, -0.25) is 4.79 Å². The van der Waals surface area contributed by atoms with E-state index in [0.717, 1.165) is 28.4 Å². The van der Waals surface area contributed by atoms with Crippen molar-refractivity contribution in [3.05, 3.63) is 114 Å². The standard InChI is InChI=1S/C31H26N6O2/c1-20-18-28(36(34-20)23-10-6-4-7-11-23)33-31(38)26-19-27(22-14-16-25(39-3)17-15-22)32-30-29(26)21(2)35-37(30)24-12-8-5-9-13-24/h4-19H,1-3H3,(H,33,38). The summed E-state index contributed by atoms with van der Waals surface area (Å²) in [6.45, 7) is 3.79. The quantitative estimate of drug-likeness (QED) is 0.288. The highest BCUT2D eigenvalue weighted by Gasteiger charge is 2.22. The summed E-state index contributed by atoms with van der Waals surface area (Å²) in [5.41, 5.74) is 5.80. The van der Waals surface area contributed by atoms with Gasteiger partial charge in [-0.05, 0) is 68.4 Å². The first-order chi connectivity index (χ1) is 19.0. The lowest BCUT2D eigenvalue weighted by Crippen LogP contribution is -2.16. The number of aryl methyl sites for hydroxylation is 2. The van der Waals surface area contributed by atoms with E-state index in [1.807, 2.05) is 111 Å². The maximum atomic E-state index is 14.0. The van der Waals surface area contributed by atoms with E-state index in [1.54, 1.807) is 16.5 Å². The van der Waals surface area contributed by atoms with Crippen molar-refractivity contribution in [1.82, 2.24) is 24.5 Å². The van der Waals surface area contributed by atoms with Crippen LogP contribution >= 0.6 is 0 Å². The molecular weight excluding hydrogens is 488 g/mol. The molecule has 39 heavy (non-hydrogen) atoms. The minimum absolute atomic E-state index is 0.273. The number of rotatable bonds is 6. The molecule has 8 heteroatoms. The fourth-order valence-electron chi connectivity index (χ4n) is 4.67. The van der Waals surface area contributed by atoms with Crippen LogP contribution in [0.4, 0.5) is 5.82 Å². The Morgan fingerprint density at radius 1 is 0.795 bits per heavy atom. The molecule has 0 fully saturated rings. The predicted octanol–water partition coefficient (Wildman–Crippen LogP) is 6.15. The third-order valence-corrected chi connectivity index (χ3v) is 6.52. The van der Waals surface area contributed by atoms with E-state index < -0.39 is 0 Å². The second-order valence-electron chi connectivity index (χ2n) is 9.19.